The summed E-state index contributed by atoms with van der Waals surface area (Å²) in [5.74, 6) is -0.928. The number of rotatable bonds is 7. The van der Waals surface area contributed by atoms with E-state index in [0.29, 0.717) is 6.61 Å². The van der Waals surface area contributed by atoms with E-state index in [9.17, 15) is 4.79 Å². The molecule has 4 heteroatoms. The van der Waals surface area contributed by atoms with Crippen molar-refractivity contribution in [3.05, 3.63) is 35.9 Å². The molecule has 1 aromatic rings. The second-order valence-electron chi connectivity index (χ2n) is 4.70. The molecule has 3 N–H and O–H groups in total. The predicted octanol–water partition coefficient (Wildman–Crippen LogP) is 2.03. The molecule has 3 unspecified atom stereocenters. The Morgan fingerprint density at radius 2 is 1.94 bits per heavy atom. The summed E-state index contributed by atoms with van der Waals surface area (Å²) >= 11 is 0. The number of hydrogen-bond acceptors (Lipinski definition) is 3. The number of carboxylic acid groups (broad SMARTS) is 1. The minimum absolute atomic E-state index is 0.0704. The summed E-state index contributed by atoms with van der Waals surface area (Å²) in [7, 11) is 0. The van der Waals surface area contributed by atoms with Crippen molar-refractivity contribution in [1.29, 1.82) is 0 Å². The van der Waals surface area contributed by atoms with Crippen molar-refractivity contribution in [2.45, 2.75) is 39.0 Å². The summed E-state index contributed by atoms with van der Waals surface area (Å²) in [5.41, 5.74) is 6.92. The number of nitrogens with two attached hydrogens (primary N) is 1. The van der Waals surface area contributed by atoms with Crippen molar-refractivity contribution < 1.29 is 14.6 Å². The first kappa shape index (κ1) is 14.7. The zero-order valence-corrected chi connectivity index (χ0v) is 10.9. The maximum atomic E-state index is 10.7. The van der Waals surface area contributed by atoms with Crippen LogP contribution in [0.2, 0.25) is 0 Å². The molecule has 0 amide bonds. The zero-order chi connectivity index (χ0) is 13.5. The van der Waals surface area contributed by atoms with Gasteiger partial charge in [0.15, 0.2) is 0 Å². The molecular formula is C14H21NO3. The lowest BCUT2D eigenvalue weighted by Gasteiger charge is -2.26. The molecular weight excluding hydrogens is 230 g/mol. The molecule has 0 radical (unpaired) electrons. The van der Waals surface area contributed by atoms with Gasteiger partial charge in [0.2, 0.25) is 0 Å². The van der Waals surface area contributed by atoms with E-state index in [4.69, 9.17) is 15.6 Å². The summed E-state index contributed by atoms with van der Waals surface area (Å²) in [6.45, 7) is 4.15. The van der Waals surface area contributed by atoms with E-state index in [-0.39, 0.29) is 24.5 Å². The van der Waals surface area contributed by atoms with Crippen molar-refractivity contribution in [2.24, 2.45) is 11.7 Å². The summed E-state index contributed by atoms with van der Waals surface area (Å²) in [6.07, 6.45) is -0.178. The molecule has 0 aliphatic heterocycles. The first-order valence-electron chi connectivity index (χ1n) is 6.13. The van der Waals surface area contributed by atoms with E-state index < -0.39 is 5.97 Å². The summed E-state index contributed by atoms with van der Waals surface area (Å²) in [6, 6.07) is 9.59. The number of benzene rings is 1. The Kier molecular flexibility index (Phi) is 5.82. The predicted molar refractivity (Wildman–Crippen MR) is 70.1 cm³/mol. The number of carboxylic acids is 1. The molecule has 0 aliphatic rings. The van der Waals surface area contributed by atoms with Crippen LogP contribution in [0.25, 0.3) is 0 Å². The second kappa shape index (κ2) is 7.13. The van der Waals surface area contributed by atoms with E-state index in [2.05, 4.69) is 0 Å². The molecule has 0 spiro atoms. The Balaban J connectivity index is 2.55. The molecule has 0 saturated heterocycles. The van der Waals surface area contributed by atoms with E-state index in [1.807, 2.05) is 44.2 Å². The monoisotopic (exact) mass is 251 g/mol. The average Bonchev–Trinajstić information content (AvgIpc) is 2.29. The van der Waals surface area contributed by atoms with Crippen LogP contribution in [0.1, 0.15) is 25.8 Å². The van der Waals surface area contributed by atoms with Crippen molar-refractivity contribution in [3.8, 4) is 0 Å². The first-order valence-corrected chi connectivity index (χ1v) is 6.13. The molecule has 100 valence electrons. The molecule has 0 fully saturated rings. The Bertz CT molecular complexity index is 365. The molecule has 0 saturated carbocycles. The van der Waals surface area contributed by atoms with Gasteiger partial charge in [0, 0.05) is 6.04 Å². The van der Waals surface area contributed by atoms with Crippen LogP contribution in [0.4, 0.5) is 0 Å². The lowest BCUT2D eigenvalue weighted by molar-refractivity contribution is -0.139. The maximum Gasteiger partial charge on any atom is 0.303 e. The van der Waals surface area contributed by atoms with Crippen LogP contribution in [-0.2, 0) is 16.1 Å². The lowest BCUT2D eigenvalue weighted by atomic mass is 9.96. The molecule has 3 atom stereocenters. The quantitative estimate of drug-likeness (QED) is 0.777. The minimum Gasteiger partial charge on any atom is -0.481 e. The smallest absolute Gasteiger partial charge is 0.303 e. The highest BCUT2D eigenvalue weighted by Gasteiger charge is 2.24. The fraction of sp³-hybridized carbons (Fsp3) is 0.500. The normalized spacial score (nSPS) is 15.9. The number of carbonyl (C=O) groups is 1. The fourth-order valence-electron chi connectivity index (χ4n) is 1.99. The number of aliphatic carboxylic acids is 1. The highest BCUT2D eigenvalue weighted by molar-refractivity contribution is 5.67. The van der Waals surface area contributed by atoms with Crippen LogP contribution in [0, 0.1) is 5.92 Å². The third kappa shape index (κ3) is 4.85. The Morgan fingerprint density at radius 1 is 1.33 bits per heavy atom. The van der Waals surface area contributed by atoms with Gasteiger partial charge in [-0.1, -0.05) is 37.3 Å². The molecule has 0 aliphatic carbocycles. The van der Waals surface area contributed by atoms with E-state index in [1.54, 1.807) is 0 Å². The molecule has 0 aromatic heterocycles. The molecule has 0 heterocycles. The number of ether oxygens (including phenoxy) is 1. The lowest BCUT2D eigenvalue weighted by Crippen LogP contribution is -2.39. The van der Waals surface area contributed by atoms with Crippen LogP contribution in [-0.4, -0.2) is 23.2 Å². The van der Waals surface area contributed by atoms with E-state index >= 15 is 0 Å². The standard InChI is InChI=1S/C14H21NO3/c1-10(8-13(16)17)14(11(2)15)18-9-12-6-4-3-5-7-12/h3-7,10-11,14H,8-9,15H2,1-2H3,(H,16,17). The summed E-state index contributed by atoms with van der Waals surface area (Å²) in [4.78, 5) is 10.7. The molecule has 0 bridgehead atoms. The highest BCUT2D eigenvalue weighted by atomic mass is 16.5. The summed E-state index contributed by atoms with van der Waals surface area (Å²) in [5, 5.41) is 8.80. The van der Waals surface area contributed by atoms with Gasteiger partial charge in [-0.2, -0.15) is 0 Å². The van der Waals surface area contributed by atoms with Gasteiger partial charge in [0.05, 0.1) is 19.1 Å². The van der Waals surface area contributed by atoms with Gasteiger partial charge in [-0.25, -0.2) is 0 Å². The summed E-state index contributed by atoms with van der Waals surface area (Å²) < 4.78 is 5.76. The minimum atomic E-state index is -0.823. The van der Waals surface area contributed by atoms with Gasteiger partial charge >= 0.3 is 5.97 Å². The number of hydrogen-bond donors (Lipinski definition) is 2. The van der Waals surface area contributed by atoms with Crippen LogP contribution < -0.4 is 5.73 Å². The molecule has 18 heavy (non-hydrogen) atoms. The van der Waals surface area contributed by atoms with Crippen molar-refractivity contribution in [2.75, 3.05) is 0 Å². The Labute approximate surface area is 108 Å². The van der Waals surface area contributed by atoms with Crippen LogP contribution in [0.15, 0.2) is 30.3 Å². The van der Waals surface area contributed by atoms with Gasteiger partial charge in [0.25, 0.3) is 0 Å². The van der Waals surface area contributed by atoms with Gasteiger partial charge in [-0.3, -0.25) is 4.79 Å². The van der Waals surface area contributed by atoms with Crippen LogP contribution >= 0.6 is 0 Å². The third-order valence-electron chi connectivity index (χ3n) is 2.86. The highest BCUT2D eigenvalue weighted by Crippen LogP contribution is 2.16. The van der Waals surface area contributed by atoms with Gasteiger partial charge in [-0.05, 0) is 18.4 Å². The van der Waals surface area contributed by atoms with Crippen LogP contribution in [0.5, 0.6) is 0 Å². The first-order chi connectivity index (χ1) is 8.50. The Hall–Kier alpha value is -1.39. The maximum absolute atomic E-state index is 10.7. The Morgan fingerprint density at radius 3 is 2.44 bits per heavy atom. The molecule has 4 nitrogen and oxygen atoms in total. The topological polar surface area (TPSA) is 72.5 Å². The zero-order valence-electron chi connectivity index (χ0n) is 10.9. The average molecular weight is 251 g/mol. The third-order valence-corrected chi connectivity index (χ3v) is 2.86. The SMILES string of the molecule is CC(N)C(OCc1ccccc1)C(C)CC(=O)O. The van der Waals surface area contributed by atoms with Crippen molar-refractivity contribution >= 4 is 5.97 Å². The van der Waals surface area contributed by atoms with Gasteiger partial charge in [0.1, 0.15) is 0 Å². The van der Waals surface area contributed by atoms with E-state index in [0.717, 1.165) is 5.56 Å². The van der Waals surface area contributed by atoms with Gasteiger partial charge < -0.3 is 15.6 Å². The second-order valence-corrected chi connectivity index (χ2v) is 4.70. The molecule has 1 rings (SSSR count). The largest absolute Gasteiger partial charge is 0.481 e. The fourth-order valence-corrected chi connectivity index (χ4v) is 1.99. The van der Waals surface area contributed by atoms with Crippen LogP contribution in [0.3, 0.4) is 0 Å². The van der Waals surface area contributed by atoms with Gasteiger partial charge in [-0.15, -0.1) is 0 Å². The van der Waals surface area contributed by atoms with E-state index in [1.165, 1.54) is 0 Å². The van der Waals surface area contributed by atoms with Crippen molar-refractivity contribution in [1.82, 2.24) is 0 Å². The molecule has 1 aromatic carbocycles. The van der Waals surface area contributed by atoms with Crippen molar-refractivity contribution in [3.63, 3.8) is 0 Å².